The maximum absolute atomic E-state index is 2.36. The van der Waals surface area contributed by atoms with Crippen molar-refractivity contribution in [2.75, 3.05) is 131 Å². The smallest absolute Gasteiger partial charge is 0.0523 e. The molecule has 0 bridgehead atoms. The minimum atomic E-state index is 0.941. The van der Waals surface area contributed by atoms with Crippen molar-refractivity contribution < 1.29 is 0 Å². The molecule has 9 heteroatoms. The molecular weight excluding hydrogens is 354 g/mol. The molecule has 0 aromatic rings. The molecular formula is C19H49N9. The third-order valence-electron chi connectivity index (χ3n) is 3.95. The summed E-state index contributed by atoms with van der Waals surface area (Å²) < 4.78 is 0. The fourth-order valence-electron chi connectivity index (χ4n) is 3.75. The molecule has 0 atom stereocenters. The van der Waals surface area contributed by atoms with Gasteiger partial charge in [-0.25, -0.2) is 0 Å². The highest BCUT2D eigenvalue weighted by atomic mass is 15.5. The van der Waals surface area contributed by atoms with Crippen molar-refractivity contribution in [3.8, 4) is 0 Å². The van der Waals surface area contributed by atoms with E-state index in [9.17, 15) is 0 Å². The molecule has 0 heterocycles. The van der Waals surface area contributed by atoms with E-state index < -0.39 is 0 Å². The standard InChI is InChI=1S/C19H49N9/c1-20(2)12-22(5)14-24(7)16-26(9)18-28(11)19-27(10)17-25(8)15-23(6)13-21(3)4/h12-19H2,1-11H3. The summed E-state index contributed by atoms with van der Waals surface area (Å²) in [4.78, 5) is 20.8. The lowest BCUT2D eigenvalue weighted by atomic mass is 10.6. The lowest BCUT2D eigenvalue weighted by molar-refractivity contribution is 0.0365. The Bertz CT molecular complexity index is 346. The average Bonchev–Trinajstić information content (AvgIpc) is 2.42. The largest absolute Gasteiger partial charge is 0.297 e. The van der Waals surface area contributed by atoms with Crippen molar-refractivity contribution in [3.63, 3.8) is 0 Å². The van der Waals surface area contributed by atoms with Gasteiger partial charge in [-0.05, 0) is 77.5 Å². The van der Waals surface area contributed by atoms with Gasteiger partial charge >= 0.3 is 0 Å². The fraction of sp³-hybridized carbons (Fsp3) is 1.00. The minimum Gasteiger partial charge on any atom is -0.297 e. The Labute approximate surface area is 175 Å². The van der Waals surface area contributed by atoms with Crippen LogP contribution >= 0.6 is 0 Å². The summed E-state index contributed by atoms with van der Waals surface area (Å²) in [6.07, 6.45) is 0. The van der Waals surface area contributed by atoms with E-state index in [-0.39, 0.29) is 0 Å². The maximum Gasteiger partial charge on any atom is 0.0523 e. The van der Waals surface area contributed by atoms with Gasteiger partial charge in [0, 0.05) is 0 Å². The van der Waals surface area contributed by atoms with Crippen molar-refractivity contribution in [3.05, 3.63) is 0 Å². The molecule has 0 aromatic carbocycles. The highest BCUT2D eigenvalue weighted by molar-refractivity contribution is 4.58. The first-order valence-electron chi connectivity index (χ1n) is 9.98. The summed E-state index contributed by atoms with van der Waals surface area (Å²) in [7, 11) is 23.6. The van der Waals surface area contributed by atoms with Crippen LogP contribution in [0.1, 0.15) is 0 Å². The predicted molar refractivity (Wildman–Crippen MR) is 121 cm³/mol. The van der Waals surface area contributed by atoms with Gasteiger partial charge in [-0.3, -0.25) is 44.1 Å². The fourth-order valence-corrected chi connectivity index (χ4v) is 3.75. The Hall–Kier alpha value is -0.360. The second-order valence-corrected chi connectivity index (χ2v) is 9.28. The molecule has 0 aromatic heterocycles. The van der Waals surface area contributed by atoms with Crippen LogP contribution in [-0.2, 0) is 0 Å². The van der Waals surface area contributed by atoms with Crippen LogP contribution in [-0.4, -0.2) is 175 Å². The molecule has 28 heavy (non-hydrogen) atoms. The van der Waals surface area contributed by atoms with Gasteiger partial charge in [0.1, 0.15) is 0 Å². The van der Waals surface area contributed by atoms with Crippen LogP contribution in [0.25, 0.3) is 0 Å². The van der Waals surface area contributed by atoms with E-state index in [2.05, 4.69) is 122 Å². The van der Waals surface area contributed by atoms with Gasteiger partial charge in [0.05, 0.1) is 53.3 Å². The zero-order valence-corrected chi connectivity index (χ0v) is 20.7. The van der Waals surface area contributed by atoms with Gasteiger partial charge in [-0.15, -0.1) is 0 Å². The summed E-state index contributed by atoms with van der Waals surface area (Å²) >= 11 is 0. The summed E-state index contributed by atoms with van der Waals surface area (Å²) in [5.74, 6) is 0. The number of rotatable bonds is 16. The Morgan fingerprint density at radius 2 is 0.393 bits per heavy atom. The normalized spacial score (nSPS) is 13.3. The third kappa shape index (κ3) is 15.5. The van der Waals surface area contributed by atoms with Crippen LogP contribution in [0.4, 0.5) is 0 Å². The lowest BCUT2D eigenvalue weighted by Gasteiger charge is -2.34. The maximum atomic E-state index is 2.36. The second kappa shape index (κ2) is 14.6. The van der Waals surface area contributed by atoms with E-state index >= 15 is 0 Å². The molecule has 0 aliphatic heterocycles. The third-order valence-corrected chi connectivity index (χ3v) is 3.95. The summed E-state index contributed by atoms with van der Waals surface area (Å²) in [5, 5.41) is 0. The Kier molecular flexibility index (Phi) is 14.4. The first-order chi connectivity index (χ1) is 12.9. The molecule has 170 valence electrons. The summed E-state index contributed by atoms with van der Waals surface area (Å²) in [6.45, 7) is 7.62. The van der Waals surface area contributed by atoms with Crippen molar-refractivity contribution in [1.29, 1.82) is 0 Å². The van der Waals surface area contributed by atoms with E-state index in [1.54, 1.807) is 0 Å². The van der Waals surface area contributed by atoms with Crippen LogP contribution in [0.3, 0.4) is 0 Å². The lowest BCUT2D eigenvalue weighted by Crippen LogP contribution is -2.47. The molecule has 0 unspecified atom stereocenters. The molecule has 0 saturated carbocycles. The Morgan fingerprint density at radius 3 is 0.536 bits per heavy atom. The first kappa shape index (κ1) is 27.6. The average molecular weight is 404 g/mol. The van der Waals surface area contributed by atoms with Gasteiger partial charge < -0.3 is 0 Å². The van der Waals surface area contributed by atoms with E-state index in [0.29, 0.717) is 0 Å². The molecule has 9 nitrogen and oxygen atoms in total. The van der Waals surface area contributed by atoms with Crippen molar-refractivity contribution in [2.45, 2.75) is 0 Å². The van der Waals surface area contributed by atoms with Crippen LogP contribution in [0.2, 0.25) is 0 Å². The number of hydrogen-bond acceptors (Lipinski definition) is 9. The molecule has 0 rings (SSSR count). The van der Waals surface area contributed by atoms with Gasteiger partial charge in [0.2, 0.25) is 0 Å². The highest BCUT2D eigenvalue weighted by Crippen LogP contribution is 1.97. The van der Waals surface area contributed by atoms with Crippen molar-refractivity contribution in [1.82, 2.24) is 44.1 Å². The zero-order valence-electron chi connectivity index (χ0n) is 20.7. The van der Waals surface area contributed by atoms with Gasteiger partial charge in [-0.1, -0.05) is 0 Å². The molecule has 0 fully saturated rings. The number of hydrogen-bond donors (Lipinski definition) is 0. The molecule has 0 saturated heterocycles. The Balaban J connectivity index is 4.11. The van der Waals surface area contributed by atoms with E-state index in [1.807, 2.05) is 0 Å². The van der Waals surface area contributed by atoms with Gasteiger partial charge in [0.25, 0.3) is 0 Å². The first-order valence-corrected chi connectivity index (χ1v) is 9.98. The van der Waals surface area contributed by atoms with Gasteiger partial charge in [0.15, 0.2) is 0 Å². The predicted octanol–water partition coefficient (Wildman–Crippen LogP) is -0.708. The van der Waals surface area contributed by atoms with Gasteiger partial charge in [-0.2, -0.15) is 0 Å². The molecule has 0 spiro atoms. The molecule has 0 N–H and O–H groups in total. The molecule has 0 aliphatic carbocycles. The SMILES string of the molecule is CN(C)CN(C)CN(C)CN(C)CN(C)CN(C)CN(C)CN(C)CN(C)C. The zero-order chi connectivity index (χ0) is 21.9. The van der Waals surface area contributed by atoms with E-state index in [1.165, 1.54) is 0 Å². The van der Waals surface area contributed by atoms with E-state index in [0.717, 1.165) is 53.3 Å². The topological polar surface area (TPSA) is 29.2 Å². The van der Waals surface area contributed by atoms with Crippen LogP contribution < -0.4 is 0 Å². The second-order valence-electron chi connectivity index (χ2n) is 9.28. The van der Waals surface area contributed by atoms with E-state index in [4.69, 9.17) is 0 Å². The summed E-state index contributed by atoms with van der Waals surface area (Å²) in [5.41, 5.74) is 0. The Morgan fingerprint density at radius 1 is 0.250 bits per heavy atom. The summed E-state index contributed by atoms with van der Waals surface area (Å²) in [6, 6.07) is 0. The monoisotopic (exact) mass is 403 g/mol. The van der Waals surface area contributed by atoms with Crippen molar-refractivity contribution in [2.24, 2.45) is 0 Å². The van der Waals surface area contributed by atoms with Crippen LogP contribution in [0, 0.1) is 0 Å². The van der Waals surface area contributed by atoms with Crippen molar-refractivity contribution >= 4 is 0 Å². The minimum absolute atomic E-state index is 0.941. The highest BCUT2D eigenvalue weighted by Gasteiger charge is 2.12. The quantitative estimate of drug-likeness (QED) is 0.310. The molecule has 0 amide bonds. The molecule has 0 aliphatic rings. The van der Waals surface area contributed by atoms with Crippen LogP contribution in [0.5, 0.6) is 0 Å². The molecule has 0 radical (unpaired) electrons. The van der Waals surface area contributed by atoms with Crippen LogP contribution in [0.15, 0.2) is 0 Å². The number of nitrogens with zero attached hydrogens (tertiary/aromatic N) is 9.